The number of furan rings is 1. The van der Waals surface area contributed by atoms with Crippen LogP contribution in [0.25, 0.3) is 5.88 Å². The molecule has 5 nitrogen and oxygen atoms in total. The van der Waals surface area contributed by atoms with Gasteiger partial charge in [-0.15, -0.1) is 0 Å². The fourth-order valence-corrected chi connectivity index (χ4v) is 2.21. The second-order valence-corrected chi connectivity index (χ2v) is 5.07. The number of aromatic nitrogens is 1. The van der Waals surface area contributed by atoms with Crippen LogP contribution in [-0.2, 0) is 0 Å². The lowest BCUT2D eigenvalue weighted by atomic mass is 10.1. The molecule has 2 aromatic heterocycles. The zero-order chi connectivity index (χ0) is 14.1. The van der Waals surface area contributed by atoms with Crippen LogP contribution in [0.3, 0.4) is 0 Å². The highest BCUT2D eigenvalue weighted by atomic mass is 16.4. The molecule has 20 heavy (non-hydrogen) atoms. The van der Waals surface area contributed by atoms with Crippen molar-refractivity contribution in [2.45, 2.75) is 19.8 Å². The molecule has 1 amide bonds. The maximum atomic E-state index is 12.2. The van der Waals surface area contributed by atoms with Gasteiger partial charge in [0, 0.05) is 18.9 Å². The highest BCUT2D eigenvalue weighted by Gasteiger charge is 2.26. The van der Waals surface area contributed by atoms with Crippen molar-refractivity contribution in [3.63, 3.8) is 0 Å². The van der Waals surface area contributed by atoms with E-state index in [1.54, 1.807) is 23.9 Å². The summed E-state index contributed by atoms with van der Waals surface area (Å²) in [6.07, 6.45) is 5.91. The molecular weight excluding hydrogens is 254 g/mol. The quantitative estimate of drug-likeness (QED) is 0.926. The third-order valence-electron chi connectivity index (χ3n) is 3.49. The first kappa shape index (κ1) is 12.5. The van der Waals surface area contributed by atoms with Crippen molar-refractivity contribution in [3.05, 3.63) is 41.4 Å². The average molecular weight is 269 g/mol. The number of nitrogens with one attached hydrogen (secondary N) is 1. The SMILES string of the molecule is Cc1oc(-n2cccc2)c(C#N)c1C(=O)NCC1CC1. The second-order valence-electron chi connectivity index (χ2n) is 5.07. The van der Waals surface area contributed by atoms with Crippen LogP contribution < -0.4 is 5.32 Å². The highest BCUT2D eigenvalue weighted by molar-refractivity contribution is 5.98. The molecule has 2 aromatic rings. The van der Waals surface area contributed by atoms with Crippen LogP contribution in [0, 0.1) is 24.2 Å². The Morgan fingerprint density at radius 2 is 2.20 bits per heavy atom. The molecule has 0 saturated heterocycles. The van der Waals surface area contributed by atoms with E-state index in [4.69, 9.17) is 4.42 Å². The zero-order valence-corrected chi connectivity index (χ0v) is 11.2. The van der Waals surface area contributed by atoms with Gasteiger partial charge < -0.3 is 9.73 Å². The van der Waals surface area contributed by atoms with Crippen molar-refractivity contribution in [1.29, 1.82) is 5.26 Å². The molecular formula is C15H15N3O2. The molecule has 0 atom stereocenters. The number of amides is 1. The van der Waals surface area contributed by atoms with Crippen molar-refractivity contribution in [2.24, 2.45) is 5.92 Å². The Balaban J connectivity index is 1.93. The smallest absolute Gasteiger partial charge is 0.256 e. The molecule has 0 aliphatic heterocycles. The van der Waals surface area contributed by atoms with Crippen LogP contribution in [0.4, 0.5) is 0 Å². The highest BCUT2D eigenvalue weighted by Crippen LogP contribution is 2.29. The van der Waals surface area contributed by atoms with E-state index in [1.165, 1.54) is 12.8 Å². The lowest BCUT2D eigenvalue weighted by Crippen LogP contribution is -2.26. The summed E-state index contributed by atoms with van der Waals surface area (Å²) in [5.74, 6) is 1.24. The Labute approximate surface area is 116 Å². The van der Waals surface area contributed by atoms with E-state index in [9.17, 15) is 10.1 Å². The van der Waals surface area contributed by atoms with Gasteiger partial charge in [0.15, 0.2) is 0 Å². The number of hydrogen-bond donors (Lipinski definition) is 1. The lowest BCUT2D eigenvalue weighted by molar-refractivity contribution is 0.0950. The predicted octanol–water partition coefficient (Wildman–Crippen LogP) is 2.39. The Bertz CT molecular complexity index is 673. The third kappa shape index (κ3) is 2.21. The molecule has 0 spiro atoms. The van der Waals surface area contributed by atoms with Gasteiger partial charge >= 0.3 is 0 Å². The maximum absolute atomic E-state index is 12.2. The standard InChI is InChI=1S/C15H15N3O2/c1-10-13(14(19)17-9-11-4-5-11)12(8-16)15(20-10)18-6-2-3-7-18/h2-3,6-7,11H,4-5,9H2,1H3,(H,17,19). The second kappa shape index (κ2) is 4.89. The summed E-state index contributed by atoms with van der Waals surface area (Å²) in [5.41, 5.74) is 0.629. The summed E-state index contributed by atoms with van der Waals surface area (Å²) in [6.45, 7) is 2.38. The number of nitrogens with zero attached hydrogens (tertiary/aromatic N) is 2. The van der Waals surface area contributed by atoms with Gasteiger partial charge in [0.05, 0.1) is 0 Å². The van der Waals surface area contributed by atoms with Gasteiger partial charge in [-0.3, -0.25) is 9.36 Å². The van der Waals surface area contributed by atoms with Crippen LogP contribution >= 0.6 is 0 Å². The molecule has 1 aliphatic rings. The Kier molecular flexibility index (Phi) is 3.07. The van der Waals surface area contributed by atoms with Crippen molar-refractivity contribution >= 4 is 5.91 Å². The van der Waals surface area contributed by atoms with Gasteiger partial charge in [0.1, 0.15) is 23.0 Å². The first-order valence-corrected chi connectivity index (χ1v) is 6.65. The van der Waals surface area contributed by atoms with E-state index in [2.05, 4.69) is 11.4 Å². The Hall–Kier alpha value is -2.48. The molecule has 0 bridgehead atoms. The van der Waals surface area contributed by atoms with Crippen molar-refractivity contribution in [3.8, 4) is 12.0 Å². The minimum absolute atomic E-state index is 0.229. The molecule has 0 radical (unpaired) electrons. The van der Waals surface area contributed by atoms with E-state index in [0.29, 0.717) is 29.7 Å². The Morgan fingerprint density at radius 1 is 1.50 bits per heavy atom. The normalized spacial score (nSPS) is 14.0. The van der Waals surface area contributed by atoms with Gasteiger partial charge in [0.2, 0.25) is 5.88 Å². The minimum Gasteiger partial charge on any atom is -0.443 e. The van der Waals surface area contributed by atoms with Crippen molar-refractivity contribution < 1.29 is 9.21 Å². The van der Waals surface area contributed by atoms with Gasteiger partial charge in [-0.05, 0) is 37.8 Å². The number of nitriles is 1. The van der Waals surface area contributed by atoms with Gasteiger partial charge in [-0.2, -0.15) is 5.26 Å². The van der Waals surface area contributed by atoms with E-state index in [-0.39, 0.29) is 11.5 Å². The van der Waals surface area contributed by atoms with Gasteiger partial charge in [-0.1, -0.05) is 0 Å². The molecule has 1 N–H and O–H groups in total. The van der Waals surface area contributed by atoms with Crippen molar-refractivity contribution in [1.82, 2.24) is 9.88 Å². The fourth-order valence-electron chi connectivity index (χ4n) is 2.21. The predicted molar refractivity (Wildman–Crippen MR) is 72.5 cm³/mol. The number of rotatable bonds is 4. The molecule has 2 heterocycles. The molecule has 1 saturated carbocycles. The molecule has 3 rings (SSSR count). The molecule has 0 unspecified atom stereocenters. The van der Waals surface area contributed by atoms with E-state index >= 15 is 0 Å². The zero-order valence-electron chi connectivity index (χ0n) is 11.2. The van der Waals surface area contributed by atoms with Gasteiger partial charge in [0.25, 0.3) is 5.91 Å². The van der Waals surface area contributed by atoms with Crippen LogP contribution in [0.15, 0.2) is 28.9 Å². The summed E-state index contributed by atoms with van der Waals surface area (Å²) >= 11 is 0. The first-order chi connectivity index (χ1) is 9.70. The largest absolute Gasteiger partial charge is 0.443 e. The average Bonchev–Trinajstić information content (AvgIpc) is 2.98. The minimum atomic E-state index is -0.229. The lowest BCUT2D eigenvalue weighted by Gasteiger charge is -2.03. The third-order valence-corrected chi connectivity index (χ3v) is 3.49. The van der Waals surface area contributed by atoms with Crippen LogP contribution in [0.2, 0.25) is 0 Å². The molecule has 1 aliphatic carbocycles. The van der Waals surface area contributed by atoms with E-state index < -0.39 is 0 Å². The Morgan fingerprint density at radius 3 is 2.80 bits per heavy atom. The number of hydrogen-bond acceptors (Lipinski definition) is 3. The number of carbonyl (C=O) groups excluding carboxylic acids is 1. The molecule has 0 aromatic carbocycles. The van der Waals surface area contributed by atoms with Crippen LogP contribution in [-0.4, -0.2) is 17.0 Å². The van der Waals surface area contributed by atoms with E-state index in [0.717, 1.165) is 0 Å². The van der Waals surface area contributed by atoms with E-state index in [1.807, 2.05) is 12.1 Å². The molecule has 5 heteroatoms. The summed E-state index contributed by atoms with van der Waals surface area (Å²) in [4.78, 5) is 12.2. The van der Waals surface area contributed by atoms with Crippen LogP contribution in [0.5, 0.6) is 0 Å². The maximum Gasteiger partial charge on any atom is 0.256 e. The first-order valence-electron chi connectivity index (χ1n) is 6.65. The number of carbonyl (C=O) groups is 1. The topological polar surface area (TPSA) is 71.0 Å². The molecule has 102 valence electrons. The van der Waals surface area contributed by atoms with Crippen LogP contribution in [0.1, 0.15) is 34.5 Å². The monoisotopic (exact) mass is 269 g/mol. The summed E-state index contributed by atoms with van der Waals surface area (Å²) in [5, 5.41) is 12.2. The molecule has 1 fully saturated rings. The summed E-state index contributed by atoms with van der Waals surface area (Å²) in [7, 11) is 0. The summed E-state index contributed by atoms with van der Waals surface area (Å²) in [6, 6.07) is 5.76. The van der Waals surface area contributed by atoms with Crippen molar-refractivity contribution in [2.75, 3.05) is 6.54 Å². The number of aryl methyl sites for hydroxylation is 1. The summed E-state index contributed by atoms with van der Waals surface area (Å²) < 4.78 is 7.30. The fraction of sp³-hybridized carbons (Fsp3) is 0.333. The van der Waals surface area contributed by atoms with Gasteiger partial charge in [-0.25, -0.2) is 0 Å².